The van der Waals surface area contributed by atoms with Gasteiger partial charge in [-0.15, -0.1) is 0 Å². The lowest BCUT2D eigenvalue weighted by Gasteiger charge is -2.23. The third-order valence-electron chi connectivity index (χ3n) is 3.47. The van der Waals surface area contributed by atoms with Crippen molar-refractivity contribution < 1.29 is 19.2 Å². The van der Waals surface area contributed by atoms with E-state index in [-0.39, 0.29) is 24.8 Å². The number of esters is 1. The average molecular weight is 428 g/mol. The Kier molecular flexibility index (Phi) is 10.5. The topological polar surface area (TPSA) is 55.8 Å². The highest BCUT2D eigenvalue weighted by Crippen LogP contribution is 2.12. The summed E-state index contributed by atoms with van der Waals surface area (Å²) in [6.45, 7) is 5.96. The molecule has 0 bridgehead atoms. The first kappa shape index (κ1) is 22.6. The lowest BCUT2D eigenvalue weighted by Crippen LogP contribution is -2.34. The molecule has 1 aromatic carbocycles. The lowest BCUT2D eigenvalue weighted by molar-refractivity contribution is -0.194. The van der Waals surface area contributed by atoms with Crippen LogP contribution >= 0.6 is 15.9 Å². The molecule has 0 fully saturated rings. The van der Waals surface area contributed by atoms with Crippen molar-refractivity contribution in [2.75, 3.05) is 11.9 Å². The molecule has 5 nitrogen and oxygen atoms in total. The van der Waals surface area contributed by atoms with Gasteiger partial charge in [0.05, 0.1) is 13.0 Å². The molecule has 0 N–H and O–H groups in total. The second-order valence-electron chi connectivity index (χ2n) is 7.09. The van der Waals surface area contributed by atoms with Crippen LogP contribution in [-0.2, 0) is 25.8 Å². The van der Waals surface area contributed by atoms with Crippen LogP contribution in [0.4, 0.5) is 0 Å². The summed E-state index contributed by atoms with van der Waals surface area (Å²) >= 11 is 3.39. The van der Waals surface area contributed by atoms with E-state index in [2.05, 4.69) is 15.9 Å². The molecule has 1 rings (SSSR count). The van der Waals surface area contributed by atoms with Crippen LogP contribution in [0.5, 0.6) is 0 Å². The van der Waals surface area contributed by atoms with Crippen LogP contribution < -0.4 is 0 Å². The Morgan fingerprint density at radius 3 is 2.35 bits per heavy atom. The maximum atomic E-state index is 12.5. The highest BCUT2D eigenvalue weighted by atomic mass is 79.9. The highest BCUT2D eigenvalue weighted by molar-refractivity contribution is 9.09. The molecule has 1 aromatic rings. The van der Waals surface area contributed by atoms with Gasteiger partial charge in [-0.3, -0.25) is 14.4 Å². The van der Waals surface area contributed by atoms with E-state index >= 15 is 0 Å². The number of hydroxylamine groups is 2. The van der Waals surface area contributed by atoms with Crippen molar-refractivity contribution in [2.45, 2.75) is 65.1 Å². The zero-order valence-electron chi connectivity index (χ0n) is 16.0. The van der Waals surface area contributed by atoms with Crippen LogP contribution in [0.2, 0.25) is 0 Å². The second-order valence-corrected chi connectivity index (χ2v) is 7.88. The van der Waals surface area contributed by atoms with Crippen LogP contribution in [0.3, 0.4) is 0 Å². The summed E-state index contributed by atoms with van der Waals surface area (Å²) in [5.41, 5.74) is 0.439. The fourth-order valence-electron chi connectivity index (χ4n) is 2.25. The molecule has 0 aliphatic heterocycles. The van der Waals surface area contributed by atoms with Crippen molar-refractivity contribution in [1.29, 1.82) is 0 Å². The van der Waals surface area contributed by atoms with Crippen LogP contribution in [0.1, 0.15) is 58.4 Å². The highest BCUT2D eigenvalue weighted by Gasteiger charge is 2.20. The van der Waals surface area contributed by atoms with Gasteiger partial charge >= 0.3 is 5.97 Å². The minimum Gasteiger partial charge on any atom is -0.460 e. The molecule has 26 heavy (non-hydrogen) atoms. The molecule has 0 aromatic heterocycles. The number of hydrogen-bond donors (Lipinski definition) is 0. The Bertz CT molecular complexity index is 542. The molecule has 0 spiro atoms. The molecule has 6 heteroatoms. The number of ether oxygens (including phenoxy) is 1. The summed E-state index contributed by atoms with van der Waals surface area (Å²) in [6.07, 6.45) is 3.35. The lowest BCUT2D eigenvalue weighted by atomic mass is 10.2. The predicted molar refractivity (Wildman–Crippen MR) is 106 cm³/mol. The fraction of sp³-hybridized carbons (Fsp3) is 0.600. The molecule has 0 unspecified atom stereocenters. The van der Waals surface area contributed by atoms with Crippen LogP contribution in [0, 0.1) is 0 Å². The number of alkyl halides is 1. The van der Waals surface area contributed by atoms with Crippen LogP contribution in [-0.4, -0.2) is 34.4 Å². The third kappa shape index (κ3) is 10.6. The Balaban J connectivity index is 2.56. The van der Waals surface area contributed by atoms with Gasteiger partial charge in [-0.2, -0.15) is 0 Å². The molecule has 0 saturated heterocycles. The van der Waals surface area contributed by atoms with Crippen molar-refractivity contribution in [2.24, 2.45) is 0 Å². The molecule has 0 radical (unpaired) electrons. The van der Waals surface area contributed by atoms with Gasteiger partial charge in [0.25, 0.3) is 0 Å². The van der Waals surface area contributed by atoms with Gasteiger partial charge in [-0.25, -0.2) is 5.06 Å². The Labute approximate surface area is 165 Å². The zero-order valence-corrected chi connectivity index (χ0v) is 17.6. The predicted octanol–water partition coefficient (Wildman–Crippen LogP) is 4.63. The summed E-state index contributed by atoms with van der Waals surface area (Å²) in [6, 6.07) is 9.65. The van der Waals surface area contributed by atoms with Crippen molar-refractivity contribution >= 4 is 27.8 Å². The van der Waals surface area contributed by atoms with Gasteiger partial charge in [0, 0.05) is 11.8 Å². The number of nitrogens with zero attached hydrogens (tertiary/aromatic N) is 1. The van der Waals surface area contributed by atoms with E-state index in [1.807, 2.05) is 51.1 Å². The molecular formula is C20H30BrNO4. The van der Waals surface area contributed by atoms with Gasteiger partial charge in [0.2, 0.25) is 5.91 Å². The quantitative estimate of drug-likeness (QED) is 0.223. The standard InChI is InChI=1S/C20H30BrNO4/c1-20(2,3)26-19(24)13-15-22(18(23)12-8-5-9-14-21)25-16-17-10-6-4-7-11-17/h4,6-7,10-11H,5,8-9,12-16H2,1-3H3. The molecule has 0 heterocycles. The van der Waals surface area contributed by atoms with E-state index in [0.29, 0.717) is 13.0 Å². The summed E-state index contributed by atoms with van der Waals surface area (Å²) in [4.78, 5) is 30.1. The summed E-state index contributed by atoms with van der Waals surface area (Å²) < 4.78 is 5.31. The van der Waals surface area contributed by atoms with E-state index in [1.54, 1.807) is 0 Å². The first-order valence-corrected chi connectivity index (χ1v) is 10.2. The van der Waals surface area contributed by atoms with Crippen LogP contribution in [0.15, 0.2) is 30.3 Å². The number of benzene rings is 1. The normalized spacial score (nSPS) is 11.2. The molecular weight excluding hydrogens is 398 g/mol. The van der Waals surface area contributed by atoms with Crippen molar-refractivity contribution in [3.8, 4) is 0 Å². The summed E-state index contributed by atoms with van der Waals surface area (Å²) in [5.74, 6) is -0.433. The number of carbonyl (C=O) groups is 2. The average Bonchev–Trinajstić information content (AvgIpc) is 2.58. The Morgan fingerprint density at radius 2 is 1.73 bits per heavy atom. The summed E-state index contributed by atoms with van der Waals surface area (Å²) in [7, 11) is 0. The maximum Gasteiger partial charge on any atom is 0.308 e. The molecule has 146 valence electrons. The minimum atomic E-state index is -0.535. The van der Waals surface area contributed by atoms with E-state index < -0.39 is 5.60 Å². The molecule has 0 atom stereocenters. The van der Waals surface area contributed by atoms with E-state index in [1.165, 1.54) is 5.06 Å². The number of rotatable bonds is 11. The van der Waals surface area contributed by atoms with Gasteiger partial charge in [0.15, 0.2) is 0 Å². The first-order valence-electron chi connectivity index (χ1n) is 9.07. The monoisotopic (exact) mass is 427 g/mol. The number of halogens is 1. The molecule has 0 saturated carbocycles. The molecule has 1 amide bonds. The largest absolute Gasteiger partial charge is 0.460 e. The Morgan fingerprint density at radius 1 is 1.04 bits per heavy atom. The third-order valence-corrected chi connectivity index (χ3v) is 4.03. The smallest absolute Gasteiger partial charge is 0.308 e. The summed E-state index contributed by atoms with van der Waals surface area (Å²) in [5, 5.41) is 2.25. The van der Waals surface area contributed by atoms with Gasteiger partial charge in [-0.1, -0.05) is 52.7 Å². The van der Waals surface area contributed by atoms with E-state index in [0.717, 1.165) is 30.2 Å². The van der Waals surface area contributed by atoms with Crippen molar-refractivity contribution in [3.63, 3.8) is 0 Å². The van der Waals surface area contributed by atoms with Crippen molar-refractivity contribution in [1.82, 2.24) is 5.06 Å². The number of hydrogen-bond acceptors (Lipinski definition) is 4. The first-order chi connectivity index (χ1) is 12.3. The van der Waals surface area contributed by atoms with Crippen LogP contribution in [0.25, 0.3) is 0 Å². The number of unbranched alkanes of at least 4 members (excludes halogenated alkanes) is 2. The van der Waals surface area contributed by atoms with E-state index in [9.17, 15) is 9.59 Å². The fourth-order valence-corrected chi connectivity index (χ4v) is 2.64. The van der Waals surface area contributed by atoms with Gasteiger partial charge in [0.1, 0.15) is 12.2 Å². The maximum absolute atomic E-state index is 12.5. The molecule has 0 aliphatic rings. The number of carbonyl (C=O) groups excluding carboxylic acids is 2. The number of amides is 1. The van der Waals surface area contributed by atoms with Gasteiger partial charge in [-0.05, 0) is 39.2 Å². The second kappa shape index (κ2) is 12.1. The van der Waals surface area contributed by atoms with Crippen molar-refractivity contribution in [3.05, 3.63) is 35.9 Å². The SMILES string of the molecule is CC(C)(C)OC(=O)CCN(OCc1ccccc1)C(=O)CCCCCBr. The minimum absolute atomic E-state index is 0.0981. The molecule has 0 aliphatic carbocycles. The zero-order chi connectivity index (χ0) is 19.4. The van der Waals surface area contributed by atoms with E-state index in [4.69, 9.17) is 9.57 Å². The van der Waals surface area contributed by atoms with Gasteiger partial charge < -0.3 is 4.74 Å². The Hall–Kier alpha value is -1.40.